The summed E-state index contributed by atoms with van der Waals surface area (Å²) < 4.78 is 10.6. The van der Waals surface area contributed by atoms with Gasteiger partial charge >= 0.3 is 0 Å². The van der Waals surface area contributed by atoms with Gasteiger partial charge in [0.1, 0.15) is 12.1 Å². The molecule has 124 valence electrons. The molecule has 1 aliphatic rings. The SMILES string of the molecule is CN(C)c1ncnc2c1CN(Cc1nc(-c3ccco3)no1)CC2. The van der Waals surface area contributed by atoms with Gasteiger partial charge in [-0.2, -0.15) is 4.98 Å². The van der Waals surface area contributed by atoms with Crippen LogP contribution >= 0.6 is 0 Å². The summed E-state index contributed by atoms with van der Waals surface area (Å²) in [6.07, 6.45) is 4.12. The molecule has 0 aliphatic carbocycles. The molecule has 4 heterocycles. The fourth-order valence-electron chi connectivity index (χ4n) is 2.92. The van der Waals surface area contributed by atoms with E-state index in [1.54, 1.807) is 18.7 Å². The predicted molar refractivity (Wildman–Crippen MR) is 86.2 cm³/mol. The van der Waals surface area contributed by atoms with Crippen molar-refractivity contribution < 1.29 is 8.94 Å². The summed E-state index contributed by atoms with van der Waals surface area (Å²) in [7, 11) is 3.99. The maximum atomic E-state index is 5.35. The Bertz CT molecular complexity index is 827. The smallest absolute Gasteiger partial charge is 0.241 e. The number of anilines is 1. The Kier molecular flexibility index (Phi) is 3.73. The zero-order valence-electron chi connectivity index (χ0n) is 13.6. The average Bonchev–Trinajstić information content (AvgIpc) is 3.25. The Morgan fingerprint density at radius 3 is 3.00 bits per heavy atom. The highest BCUT2D eigenvalue weighted by Gasteiger charge is 2.23. The zero-order valence-corrected chi connectivity index (χ0v) is 13.6. The van der Waals surface area contributed by atoms with E-state index in [4.69, 9.17) is 8.94 Å². The van der Waals surface area contributed by atoms with Gasteiger partial charge in [0.25, 0.3) is 0 Å². The second-order valence-corrected chi connectivity index (χ2v) is 5.97. The number of fused-ring (bicyclic) bond motifs is 1. The van der Waals surface area contributed by atoms with Gasteiger partial charge in [0.15, 0.2) is 5.76 Å². The fraction of sp³-hybridized carbons (Fsp3) is 0.375. The number of aromatic nitrogens is 4. The number of furan rings is 1. The molecule has 0 N–H and O–H groups in total. The third-order valence-corrected chi connectivity index (χ3v) is 4.05. The Labute approximate surface area is 139 Å². The fourth-order valence-corrected chi connectivity index (χ4v) is 2.92. The summed E-state index contributed by atoms with van der Waals surface area (Å²) in [4.78, 5) is 17.5. The van der Waals surface area contributed by atoms with Crippen LogP contribution in [0.25, 0.3) is 11.6 Å². The second-order valence-electron chi connectivity index (χ2n) is 5.97. The standard InChI is InChI=1S/C16H18N6O2/c1-21(2)16-11-8-22(6-5-12(11)17-10-18-16)9-14-19-15(20-24-14)13-4-3-7-23-13/h3-4,7,10H,5-6,8-9H2,1-2H3. The molecule has 1 aliphatic heterocycles. The van der Waals surface area contributed by atoms with Crippen molar-refractivity contribution in [2.75, 3.05) is 25.5 Å². The molecule has 0 bridgehead atoms. The minimum absolute atomic E-state index is 0.477. The van der Waals surface area contributed by atoms with Crippen molar-refractivity contribution in [3.8, 4) is 11.6 Å². The quantitative estimate of drug-likeness (QED) is 0.717. The van der Waals surface area contributed by atoms with E-state index in [9.17, 15) is 0 Å². The highest BCUT2D eigenvalue weighted by Crippen LogP contribution is 2.25. The Morgan fingerprint density at radius 1 is 1.29 bits per heavy atom. The van der Waals surface area contributed by atoms with E-state index in [1.807, 2.05) is 25.1 Å². The van der Waals surface area contributed by atoms with E-state index in [1.165, 1.54) is 5.56 Å². The van der Waals surface area contributed by atoms with Gasteiger partial charge in [0, 0.05) is 39.2 Å². The van der Waals surface area contributed by atoms with Crippen LogP contribution in [0.3, 0.4) is 0 Å². The van der Waals surface area contributed by atoms with Gasteiger partial charge in [-0.15, -0.1) is 0 Å². The third kappa shape index (κ3) is 2.76. The molecule has 0 unspecified atom stereocenters. The highest BCUT2D eigenvalue weighted by atomic mass is 16.5. The number of hydrogen-bond donors (Lipinski definition) is 0. The van der Waals surface area contributed by atoms with Crippen LogP contribution in [0.4, 0.5) is 5.82 Å². The van der Waals surface area contributed by atoms with Gasteiger partial charge in [0.2, 0.25) is 11.7 Å². The molecule has 4 rings (SSSR count). The van der Waals surface area contributed by atoms with Crippen LogP contribution in [0.15, 0.2) is 33.7 Å². The minimum Gasteiger partial charge on any atom is -0.461 e. The van der Waals surface area contributed by atoms with Crippen molar-refractivity contribution >= 4 is 5.82 Å². The lowest BCUT2D eigenvalue weighted by atomic mass is 10.1. The van der Waals surface area contributed by atoms with Crippen LogP contribution < -0.4 is 4.90 Å². The molecular formula is C16H18N6O2. The van der Waals surface area contributed by atoms with Crippen LogP contribution in [-0.4, -0.2) is 45.6 Å². The first-order valence-corrected chi connectivity index (χ1v) is 7.79. The lowest BCUT2D eigenvalue weighted by Gasteiger charge is -2.29. The topological polar surface area (TPSA) is 84.3 Å². The Balaban J connectivity index is 1.51. The molecule has 3 aromatic rings. The molecule has 8 heteroatoms. The van der Waals surface area contributed by atoms with Gasteiger partial charge in [0.05, 0.1) is 18.5 Å². The maximum Gasteiger partial charge on any atom is 0.241 e. The second kappa shape index (κ2) is 6.04. The summed E-state index contributed by atoms with van der Waals surface area (Å²) in [5.41, 5.74) is 2.28. The first-order valence-electron chi connectivity index (χ1n) is 7.79. The molecular weight excluding hydrogens is 308 g/mol. The van der Waals surface area contributed by atoms with Crippen molar-refractivity contribution in [2.24, 2.45) is 0 Å². The van der Waals surface area contributed by atoms with Gasteiger partial charge in [-0.25, -0.2) is 9.97 Å². The zero-order chi connectivity index (χ0) is 16.5. The maximum absolute atomic E-state index is 5.35. The van der Waals surface area contributed by atoms with E-state index in [0.717, 1.165) is 31.0 Å². The summed E-state index contributed by atoms with van der Waals surface area (Å²) >= 11 is 0. The molecule has 0 aromatic carbocycles. The van der Waals surface area contributed by atoms with Crippen LogP contribution in [0, 0.1) is 0 Å². The monoisotopic (exact) mass is 326 g/mol. The van der Waals surface area contributed by atoms with E-state index >= 15 is 0 Å². The number of nitrogens with zero attached hydrogens (tertiary/aromatic N) is 6. The summed E-state index contributed by atoms with van der Waals surface area (Å²) in [6.45, 7) is 2.26. The van der Waals surface area contributed by atoms with Gasteiger partial charge in [-0.05, 0) is 12.1 Å². The number of rotatable bonds is 4. The van der Waals surface area contributed by atoms with Crippen molar-refractivity contribution in [1.82, 2.24) is 25.0 Å². The molecule has 0 radical (unpaired) electrons. The molecule has 8 nitrogen and oxygen atoms in total. The predicted octanol–water partition coefficient (Wildman–Crippen LogP) is 1.74. The largest absolute Gasteiger partial charge is 0.461 e. The van der Waals surface area contributed by atoms with Gasteiger partial charge in [-0.1, -0.05) is 5.16 Å². The lowest BCUT2D eigenvalue weighted by molar-refractivity contribution is 0.209. The first-order chi connectivity index (χ1) is 11.7. The summed E-state index contributed by atoms with van der Waals surface area (Å²) in [5.74, 6) is 2.63. The minimum atomic E-state index is 0.477. The van der Waals surface area contributed by atoms with E-state index in [-0.39, 0.29) is 0 Å². The molecule has 0 saturated heterocycles. The average molecular weight is 326 g/mol. The molecule has 0 saturated carbocycles. The summed E-state index contributed by atoms with van der Waals surface area (Å²) in [5, 5.41) is 3.97. The molecule has 24 heavy (non-hydrogen) atoms. The van der Waals surface area contributed by atoms with Crippen molar-refractivity contribution in [3.63, 3.8) is 0 Å². The van der Waals surface area contributed by atoms with Crippen molar-refractivity contribution in [1.29, 1.82) is 0 Å². The van der Waals surface area contributed by atoms with Gasteiger partial charge < -0.3 is 13.8 Å². The Morgan fingerprint density at radius 2 is 2.21 bits per heavy atom. The van der Waals surface area contributed by atoms with E-state index in [2.05, 4.69) is 25.0 Å². The highest BCUT2D eigenvalue weighted by molar-refractivity contribution is 5.48. The molecule has 0 fully saturated rings. The van der Waals surface area contributed by atoms with E-state index < -0.39 is 0 Å². The molecule has 0 spiro atoms. The van der Waals surface area contributed by atoms with Crippen molar-refractivity contribution in [2.45, 2.75) is 19.5 Å². The molecule has 3 aromatic heterocycles. The first kappa shape index (κ1) is 14.8. The van der Waals surface area contributed by atoms with Crippen LogP contribution in [0.1, 0.15) is 17.1 Å². The Hall–Kier alpha value is -2.74. The number of hydrogen-bond acceptors (Lipinski definition) is 8. The molecule has 0 amide bonds. The third-order valence-electron chi connectivity index (χ3n) is 4.05. The van der Waals surface area contributed by atoms with Crippen LogP contribution in [0.2, 0.25) is 0 Å². The summed E-state index contributed by atoms with van der Waals surface area (Å²) in [6, 6.07) is 3.61. The van der Waals surface area contributed by atoms with Crippen molar-refractivity contribution in [3.05, 3.63) is 41.9 Å². The van der Waals surface area contributed by atoms with Gasteiger partial charge in [-0.3, -0.25) is 4.90 Å². The van der Waals surface area contributed by atoms with Crippen LogP contribution in [0.5, 0.6) is 0 Å². The normalized spacial score (nSPS) is 14.6. The van der Waals surface area contributed by atoms with Crippen LogP contribution in [-0.2, 0) is 19.5 Å². The van der Waals surface area contributed by atoms with E-state index in [0.29, 0.717) is 24.0 Å². The molecule has 0 atom stereocenters. The lowest BCUT2D eigenvalue weighted by Crippen LogP contribution is -2.32.